The average molecular weight is 410 g/mol. The molecule has 0 spiro atoms. The van der Waals surface area contributed by atoms with Gasteiger partial charge in [0, 0.05) is 18.5 Å². The SMILES string of the molecule is CCCc1ccc(C(=O)CCC(=O)OCC(=O)NC(=O)NCc2ccccc2)cc1. The van der Waals surface area contributed by atoms with Gasteiger partial charge in [-0.25, -0.2) is 4.79 Å². The van der Waals surface area contributed by atoms with Crippen molar-refractivity contribution in [3.63, 3.8) is 0 Å². The summed E-state index contributed by atoms with van der Waals surface area (Å²) in [5, 5.41) is 4.61. The van der Waals surface area contributed by atoms with Gasteiger partial charge in [-0.15, -0.1) is 0 Å². The predicted octanol–water partition coefficient (Wildman–Crippen LogP) is 3.17. The van der Waals surface area contributed by atoms with Gasteiger partial charge in [-0.2, -0.15) is 0 Å². The second-order valence-electron chi connectivity index (χ2n) is 6.75. The van der Waals surface area contributed by atoms with Crippen molar-refractivity contribution in [3.05, 3.63) is 71.3 Å². The maximum Gasteiger partial charge on any atom is 0.321 e. The van der Waals surface area contributed by atoms with Gasteiger partial charge in [0.05, 0.1) is 6.42 Å². The number of imide groups is 1. The van der Waals surface area contributed by atoms with Crippen LogP contribution in [0, 0.1) is 0 Å². The first-order valence-electron chi connectivity index (χ1n) is 9.87. The molecule has 2 N–H and O–H groups in total. The van der Waals surface area contributed by atoms with E-state index in [2.05, 4.69) is 17.6 Å². The third-order valence-corrected chi connectivity index (χ3v) is 4.28. The van der Waals surface area contributed by atoms with Crippen molar-refractivity contribution < 1.29 is 23.9 Å². The van der Waals surface area contributed by atoms with Crippen LogP contribution in [0.2, 0.25) is 0 Å². The van der Waals surface area contributed by atoms with Gasteiger partial charge in [0.15, 0.2) is 12.4 Å². The van der Waals surface area contributed by atoms with Crippen molar-refractivity contribution in [3.8, 4) is 0 Å². The first kappa shape index (κ1) is 22.8. The number of Topliss-reactive ketones (excluding diaryl/α,β-unsaturated/α-hetero) is 1. The van der Waals surface area contributed by atoms with Crippen molar-refractivity contribution in [1.82, 2.24) is 10.6 Å². The highest BCUT2D eigenvalue weighted by Crippen LogP contribution is 2.10. The Morgan fingerprint density at radius 2 is 1.57 bits per heavy atom. The molecule has 0 aliphatic heterocycles. The number of benzene rings is 2. The normalized spacial score (nSPS) is 10.2. The summed E-state index contributed by atoms with van der Waals surface area (Å²) in [5.41, 5.74) is 2.58. The highest BCUT2D eigenvalue weighted by molar-refractivity contribution is 5.98. The van der Waals surface area contributed by atoms with Crippen LogP contribution in [0.3, 0.4) is 0 Å². The zero-order chi connectivity index (χ0) is 21.8. The summed E-state index contributed by atoms with van der Waals surface area (Å²) in [7, 11) is 0. The molecule has 2 rings (SSSR count). The molecule has 7 heteroatoms. The van der Waals surface area contributed by atoms with E-state index < -0.39 is 24.5 Å². The van der Waals surface area contributed by atoms with Crippen molar-refractivity contribution in [2.45, 2.75) is 39.2 Å². The Labute approximate surface area is 175 Å². The molecule has 0 saturated heterocycles. The fourth-order valence-electron chi connectivity index (χ4n) is 2.71. The molecular formula is C23H26N2O5. The van der Waals surface area contributed by atoms with Gasteiger partial charge in [-0.1, -0.05) is 67.9 Å². The van der Waals surface area contributed by atoms with E-state index in [9.17, 15) is 19.2 Å². The fourth-order valence-corrected chi connectivity index (χ4v) is 2.71. The molecule has 7 nitrogen and oxygen atoms in total. The zero-order valence-electron chi connectivity index (χ0n) is 17.0. The van der Waals surface area contributed by atoms with Crippen LogP contribution in [0.5, 0.6) is 0 Å². The lowest BCUT2D eigenvalue weighted by atomic mass is 10.0. The number of nitrogens with one attached hydrogen (secondary N) is 2. The van der Waals surface area contributed by atoms with E-state index in [1.165, 1.54) is 0 Å². The van der Waals surface area contributed by atoms with Gasteiger partial charge in [-0.05, 0) is 17.5 Å². The van der Waals surface area contributed by atoms with Gasteiger partial charge in [0.1, 0.15) is 0 Å². The third kappa shape index (κ3) is 8.26. The molecule has 0 aromatic heterocycles. The van der Waals surface area contributed by atoms with Crippen molar-refractivity contribution in [2.75, 3.05) is 6.61 Å². The maximum atomic E-state index is 12.2. The summed E-state index contributed by atoms with van der Waals surface area (Å²) in [6.07, 6.45) is 1.84. The second kappa shape index (κ2) is 12.2. The maximum absolute atomic E-state index is 12.2. The molecule has 0 atom stereocenters. The molecule has 0 saturated carbocycles. The van der Waals surface area contributed by atoms with E-state index in [0.29, 0.717) is 5.56 Å². The topological polar surface area (TPSA) is 102 Å². The lowest BCUT2D eigenvalue weighted by Crippen LogP contribution is -2.41. The molecule has 30 heavy (non-hydrogen) atoms. The molecule has 0 fully saturated rings. The Balaban J connectivity index is 1.64. The molecule has 0 bridgehead atoms. The number of rotatable bonds is 10. The van der Waals surface area contributed by atoms with Crippen LogP contribution < -0.4 is 10.6 Å². The Morgan fingerprint density at radius 1 is 0.867 bits per heavy atom. The van der Waals surface area contributed by atoms with E-state index in [-0.39, 0.29) is 25.2 Å². The average Bonchev–Trinajstić information content (AvgIpc) is 2.76. The molecule has 0 unspecified atom stereocenters. The van der Waals surface area contributed by atoms with E-state index >= 15 is 0 Å². The van der Waals surface area contributed by atoms with E-state index in [4.69, 9.17) is 4.74 Å². The Kier molecular flexibility index (Phi) is 9.24. The van der Waals surface area contributed by atoms with Crippen LogP contribution in [0.1, 0.15) is 47.7 Å². The standard InChI is InChI=1S/C23H26N2O5/c1-2-6-17-9-11-19(12-10-17)20(26)13-14-22(28)30-16-21(27)25-23(29)24-15-18-7-4-3-5-8-18/h3-5,7-12H,2,6,13-16H2,1H3,(H2,24,25,27,29). The second-order valence-corrected chi connectivity index (χ2v) is 6.75. The minimum atomic E-state index is -0.744. The largest absolute Gasteiger partial charge is 0.456 e. The first-order chi connectivity index (χ1) is 14.5. The first-order valence-corrected chi connectivity index (χ1v) is 9.87. The Bertz CT molecular complexity index is 863. The molecule has 0 aliphatic carbocycles. The lowest BCUT2D eigenvalue weighted by Gasteiger charge is -2.08. The minimum absolute atomic E-state index is 0.00879. The van der Waals surface area contributed by atoms with Gasteiger partial charge in [0.2, 0.25) is 0 Å². The van der Waals surface area contributed by atoms with Gasteiger partial charge < -0.3 is 10.1 Å². The van der Waals surface area contributed by atoms with E-state index in [1.807, 2.05) is 42.5 Å². The van der Waals surface area contributed by atoms with Crippen molar-refractivity contribution >= 4 is 23.7 Å². The monoisotopic (exact) mass is 410 g/mol. The van der Waals surface area contributed by atoms with Crippen LogP contribution in [-0.4, -0.2) is 30.3 Å². The molecule has 158 valence electrons. The number of carbonyl (C=O) groups is 4. The quantitative estimate of drug-likeness (QED) is 0.463. The summed E-state index contributed by atoms with van der Waals surface area (Å²) in [4.78, 5) is 47.3. The summed E-state index contributed by atoms with van der Waals surface area (Å²) in [5.74, 6) is -1.59. The summed E-state index contributed by atoms with van der Waals surface area (Å²) in [6.45, 7) is 1.76. The van der Waals surface area contributed by atoms with Crippen molar-refractivity contribution in [2.24, 2.45) is 0 Å². The van der Waals surface area contributed by atoms with Crippen LogP contribution in [0.4, 0.5) is 4.79 Å². The number of esters is 1. The Morgan fingerprint density at radius 3 is 2.23 bits per heavy atom. The lowest BCUT2D eigenvalue weighted by molar-refractivity contribution is -0.148. The number of ether oxygens (including phenoxy) is 1. The fraction of sp³-hybridized carbons (Fsp3) is 0.304. The van der Waals surface area contributed by atoms with Crippen molar-refractivity contribution in [1.29, 1.82) is 0 Å². The predicted molar refractivity (Wildman–Crippen MR) is 112 cm³/mol. The molecule has 0 heterocycles. The summed E-state index contributed by atoms with van der Waals surface area (Å²) in [6, 6.07) is 15.8. The number of aryl methyl sites for hydroxylation is 1. The van der Waals surface area contributed by atoms with Crippen LogP contribution >= 0.6 is 0 Å². The number of amides is 3. The van der Waals surface area contributed by atoms with Gasteiger partial charge in [-0.3, -0.25) is 19.7 Å². The molecule has 2 aromatic carbocycles. The highest BCUT2D eigenvalue weighted by atomic mass is 16.5. The summed E-state index contributed by atoms with van der Waals surface area (Å²) >= 11 is 0. The molecule has 0 aliphatic rings. The van der Waals surface area contributed by atoms with Crippen LogP contribution in [-0.2, 0) is 27.3 Å². The van der Waals surface area contributed by atoms with Gasteiger partial charge >= 0.3 is 12.0 Å². The molecule has 0 radical (unpaired) electrons. The highest BCUT2D eigenvalue weighted by Gasteiger charge is 2.13. The van der Waals surface area contributed by atoms with Crippen LogP contribution in [0.15, 0.2) is 54.6 Å². The smallest absolute Gasteiger partial charge is 0.321 e. The number of carbonyl (C=O) groups excluding carboxylic acids is 4. The number of hydrogen-bond donors (Lipinski definition) is 2. The number of ketones is 1. The third-order valence-electron chi connectivity index (χ3n) is 4.28. The summed E-state index contributed by atoms with van der Waals surface area (Å²) < 4.78 is 4.82. The minimum Gasteiger partial charge on any atom is -0.456 e. The van der Waals surface area contributed by atoms with Gasteiger partial charge in [0.25, 0.3) is 5.91 Å². The molecule has 2 aromatic rings. The van der Waals surface area contributed by atoms with Crippen LogP contribution in [0.25, 0.3) is 0 Å². The Hall–Kier alpha value is -3.48. The molecule has 3 amide bonds. The zero-order valence-corrected chi connectivity index (χ0v) is 17.0. The van der Waals surface area contributed by atoms with E-state index in [0.717, 1.165) is 24.0 Å². The number of hydrogen-bond acceptors (Lipinski definition) is 5. The number of urea groups is 1. The molecular weight excluding hydrogens is 384 g/mol. The van der Waals surface area contributed by atoms with E-state index in [1.54, 1.807) is 12.1 Å².